The van der Waals surface area contributed by atoms with Gasteiger partial charge in [0.15, 0.2) is 0 Å². The first-order valence-electron chi connectivity index (χ1n) is 6.33. The number of amides is 1. The van der Waals surface area contributed by atoms with Crippen molar-refractivity contribution in [3.8, 4) is 0 Å². The van der Waals surface area contributed by atoms with Crippen molar-refractivity contribution in [3.63, 3.8) is 0 Å². The first kappa shape index (κ1) is 16.9. The lowest BCUT2D eigenvalue weighted by Crippen LogP contribution is -2.47. The standard InChI is InChI=1S/C14H22BrN3O2/c1-9-11(5-10(15)6-12(9)16)13(19)17-7-14(2,20)8-18(3)4/h5-6,20H,7-8,16H2,1-4H3,(H,17,19). The molecule has 0 saturated carbocycles. The lowest BCUT2D eigenvalue weighted by Gasteiger charge is -2.27. The minimum Gasteiger partial charge on any atom is -0.398 e. The molecule has 0 radical (unpaired) electrons. The van der Waals surface area contributed by atoms with E-state index in [2.05, 4.69) is 21.2 Å². The third-order valence-corrected chi connectivity index (χ3v) is 3.40. The molecule has 1 unspecified atom stereocenters. The number of carbonyl (C=O) groups is 1. The molecule has 0 aliphatic rings. The molecule has 112 valence electrons. The molecule has 0 bridgehead atoms. The maximum atomic E-state index is 12.2. The fourth-order valence-electron chi connectivity index (χ4n) is 2.04. The van der Waals surface area contributed by atoms with Crippen molar-refractivity contribution in [3.05, 3.63) is 27.7 Å². The lowest BCUT2D eigenvalue weighted by molar-refractivity contribution is 0.0326. The van der Waals surface area contributed by atoms with Crippen molar-refractivity contribution in [1.29, 1.82) is 0 Å². The third-order valence-electron chi connectivity index (χ3n) is 2.94. The zero-order valence-electron chi connectivity index (χ0n) is 12.3. The van der Waals surface area contributed by atoms with Gasteiger partial charge < -0.3 is 21.1 Å². The van der Waals surface area contributed by atoms with Crippen LogP contribution >= 0.6 is 15.9 Å². The molecule has 0 aliphatic heterocycles. The molecular weight excluding hydrogens is 322 g/mol. The van der Waals surface area contributed by atoms with E-state index >= 15 is 0 Å². The Hall–Kier alpha value is -1.11. The third kappa shape index (κ3) is 4.77. The van der Waals surface area contributed by atoms with Gasteiger partial charge >= 0.3 is 0 Å². The first-order valence-corrected chi connectivity index (χ1v) is 7.12. The number of carbonyl (C=O) groups excluding carboxylic acids is 1. The molecular formula is C14H22BrN3O2. The molecule has 1 atom stereocenters. The summed E-state index contributed by atoms with van der Waals surface area (Å²) in [7, 11) is 3.74. The predicted octanol–water partition coefficient (Wildman–Crippen LogP) is 1.38. The maximum Gasteiger partial charge on any atom is 0.251 e. The summed E-state index contributed by atoms with van der Waals surface area (Å²) >= 11 is 3.32. The van der Waals surface area contributed by atoms with E-state index in [9.17, 15) is 9.90 Å². The van der Waals surface area contributed by atoms with Crippen LogP contribution in [-0.4, -0.2) is 48.7 Å². The molecule has 1 amide bonds. The molecule has 0 heterocycles. The van der Waals surface area contributed by atoms with E-state index in [1.54, 1.807) is 26.0 Å². The monoisotopic (exact) mass is 343 g/mol. The Bertz CT molecular complexity index is 501. The minimum atomic E-state index is -0.982. The number of halogens is 1. The molecule has 1 aromatic rings. The number of rotatable bonds is 5. The van der Waals surface area contributed by atoms with Gasteiger partial charge in [-0.25, -0.2) is 0 Å². The number of nitrogen functional groups attached to an aromatic ring is 1. The van der Waals surface area contributed by atoms with E-state index in [1.165, 1.54) is 0 Å². The van der Waals surface area contributed by atoms with E-state index in [0.717, 1.165) is 10.0 Å². The summed E-state index contributed by atoms with van der Waals surface area (Å²) in [5, 5.41) is 12.9. The number of anilines is 1. The highest BCUT2D eigenvalue weighted by atomic mass is 79.9. The van der Waals surface area contributed by atoms with Crippen LogP contribution in [0.3, 0.4) is 0 Å². The molecule has 0 saturated heterocycles. The number of aliphatic hydroxyl groups is 1. The summed E-state index contributed by atoms with van der Waals surface area (Å²) in [6.07, 6.45) is 0. The number of benzene rings is 1. The lowest BCUT2D eigenvalue weighted by atomic mass is 10.0. The average molecular weight is 344 g/mol. The van der Waals surface area contributed by atoms with E-state index < -0.39 is 5.60 Å². The highest BCUT2D eigenvalue weighted by molar-refractivity contribution is 9.10. The molecule has 6 heteroatoms. The van der Waals surface area contributed by atoms with Crippen LogP contribution in [0.2, 0.25) is 0 Å². The number of hydrogen-bond donors (Lipinski definition) is 3. The van der Waals surface area contributed by atoms with Gasteiger partial charge in [-0.3, -0.25) is 4.79 Å². The summed E-state index contributed by atoms with van der Waals surface area (Å²) in [5.74, 6) is -0.241. The van der Waals surface area contributed by atoms with Gasteiger partial charge in [-0.15, -0.1) is 0 Å². The fraction of sp³-hybridized carbons (Fsp3) is 0.500. The summed E-state index contributed by atoms with van der Waals surface area (Å²) in [4.78, 5) is 14.1. The second-order valence-corrected chi connectivity index (χ2v) is 6.50. The van der Waals surface area contributed by atoms with E-state index in [0.29, 0.717) is 17.8 Å². The highest BCUT2D eigenvalue weighted by Crippen LogP contribution is 2.22. The van der Waals surface area contributed by atoms with Crippen molar-refractivity contribution >= 4 is 27.5 Å². The van der Waals surface area contributed by atoms with Gasteiger partial charge in [-0.05, 0) is 45.6 Å². The van der Waals surface area contributed by atoms with Crippen molar-refractivity contribution < 1.29 is 9.90 Å². The SMILES string of the molecule is Cc1c(N)cc(Br)cc1C(=O)NCC(C)(O)CN(C)C. The Morgan fingerprint density at radius 1 is 1.50 bits per heavy atom. The van der Waals surface area contributed by atoms with Gasteiger partial charge in [0.25, 0.3) is 5.91 Å². The van der Waals surface area contributed by atoms with Crippen LogP contribution in [0, 0.1) is 6.92 Å². The van der Waals surface area contributed by atoms with Crippen LogP contribution in [0.4, 0.5) is 5.69 Å². The molecule has 0 aliphatic carbocycles. The largest absolute Gasteiger partial charge is 0.398 e. The predicted molar refractivity (Wildman–Crippen MR) is 84.8 cm³/mol. The summed E-state index contributed by atoms with van der Waals surface area (Å²) in [6, 6.07) is 3.48. The van der Waals surface area contributed by atoms with Gasteiger partial charge in [0.2, 0.25) is 0 Å². The summed E-state index contributed by atoms with van der Waals surface area (Å²) in [5.41, 5.74) is 6.67. The Balaban J connectivity index is 2.78. The van der Waals surface area contributed by atoms with Crippen LogP contribution in [0.15, 0.2) is 16.6 Å². The van der Waals surface area contributed by atoms with Gasteiger partial charge in [-0.2, -0.15) is 0 Å². The highest BCUT2D eigenvalue weighted by Gasteiger charge is 2.23. The van der Waals surface area contributed by atoms with Crippen molar-refractivity contribution in [2.45, 2.75) is 19.4 Å². The first-order chi connectivity index (χ1) is 9.12. The second kappa shape index (κ2) is 6.56. The topological polar surface area (TPSA) is 78.6 Å². The zero-order valence-corrected chi connectivity index (χ0v) is 13.9. The van der Waals surface area contributed by atoms with Crippen LogP contribution in [0.25, 0.3) is 0 Å². The number of nitrogens with one attached hydrogen (secondary N) is 1. The van der Waals surface area contributed by atoms with E-state index in [1.807, 2.05) is 19.0 Å². The molecule has 1 aromatic carbocycles. The Kier molecular flexibility index (Phi) is 5.56. The van der Waals surface area contributed by atoms with Crippen molar-refractivity contribution in [2.24, 2.45) is 0 Å². The molecule has 0 aromatic heterocycles. The number of likely N-dealkylation sites (N-methyl/N-ethyl adjacent to an activating group) is 1. The number of nitrogens with two attached hydrogens (primary N) is 1. The molecule has 0 fully saturated rings. The smallest absolute Gasteiger partial charge is 0.251 e. The van der Waals surface area contributed by atoms with Crippen LogP contribution in [0.1, 0.15) is 22.8 Å². The molecule has 1 rings (SSSR count). The Morgan fingerprint density at radius 3 is 2.65 bits per heavy atom. The van der Waals surface area contributed by atoms with E-state index in [4.69, 9.17) is 5.73 Å². The minimum absolute atomic E-state index is 0.176. The van der Waals surface area contributed by atoms with Crippen LogP contribution in [0.5, 0.6) is 0 Å². The van der Waals surface area contributed by atoms with Crippen LogP contribution < -0.4 is 11.1 Å². The van der Waals surface area contributed by atoms with E-state index in [-0.39, 0.29) is 12.5 Å². The van der Waals surface area contributed by atoms with Gasteiger partial charge in [0.05, 0.1) is 5.60 Å². The van der Waals surface area contributed by atoms with Gasteiger partial charge in [0.1, 0.15) is 0 Å². The molecule has 5 nitrogen and oxygen atoms in total. The van der Waals surface area contributed by atoms with Gasteiger partial charge in [0, 0.05) is 28.8 Å². The maximum absolute atomic E-state index is 12.2. The quantitative estimate of drug-likeness (QED) is 0.706. The Labute approximate surface area is 128 Å². The van der Waals surface area contributed by atoms with Crippen molar-refractivity contribution in [1.82, 2.24) is 10.2 Å². The normalized spacial score (nSPS) is 14.2. The Morgan fingerprint density at radius 2 is 2.10 bits per heavy atom. The molecule has 4 N–H and O–H groups in total. The van der Waals surface area contributed by atoms with Gasteiger partial charge in [-0.1, -0.05) is 15.9 Å². The van der Waals surface area contributed by atoms with Crippen LogP contribution in [-0.2, 0) is 0 Å². The number of nitrogens with zero attached hydrogens (tertiary/aromatic N) is 1. The second-order valence-electron chi connectivity index (χ2n) is 5.58. The molecule has 20 heavy (non-hydrogen) atoms. The summed E-state index contributed by atoms with van der Waals surface area (Å²) < 4.78 is 0.755. The zero-order chi connectivity index (χ0) is 15.5. The average Bonchev–Trinajstić information content (AvgIpc) is 2.29. The van der Waals surface area contributed by atoms with Crippen molar-refractivity contribution in [2.75, 3.05) is 32.9 Å². The number of hydrogen-bond acceptors (Lipinski definition) is 4. The fourth-order valence-corrected chi connectivity index (χ4v) is 2.51. The summed E-state index contributed by atoms with van der Waals surface area (Å²) in [6.45, 7) is 4.13. The molecule has 0 spiro atoms.